The average molecular weight is 374 g/mol. The van der Waals surface area contributed by atoms with Gasteiger partial charge in [0.05, 0.1) is 6.42 Å². The molecule has 4 rings (SSSR count). The summed E-state index contributed by atoms with van der Waals surface area (Å²) >= 11 is 7.62. The predicted octanol–water partition coefficient (Wildman–Crippen LogP) is 4.36. The van der Waals surface area contributed by atoms with Crippen LogP contribution in [0.2, 0.25) is 5.02 Å². The molecular weight excluding hydrogens is 358 g/mol. The van der Waals surface area contributed by atoms with E-state index in [4.69, 9.17) is 16.1 Å². The molecule has 25 heavy (non-hydrogen) atoms. The Morgan fingerprint density at radius 3 is 3.08 bits per heavy atom. The lowest BCUT2D eigenvalue weighted by molar-refractivity contribution is -0.131. The van der Waals surface area contributed by atoms with Crippen molar-refractivity contribution in [2.24, 2.45) is 0 Å². The van der Waals surface area contributed by atoms with E-state index in [0.717, 1.165) is 29.8 Å². The number of thiophene rings is 1. The van der Waals surface area contributed by atoms with Gasteiger partial charge in [0.2, 0.25) is 17.6 Å². The first-order chi connectivity index (χ1) is 12.2. The van der Waals surface area contributed by atoms with E-state index in [2.05, 4.69) is 10.1 Å². The number of rotatable bonds is 4. The van der Waals surface area contributed by atoms with E-state index in [1.54, 1.807) is 23.5 Å². The molecule has 1 aliphatic heterocycles. The lowest BCUT2D eigenvalue weighted by Gasteiger charge is -2.21. The molecule has 5 nitrogen and oxygen atoms in total. The van der Waals surface area contributed by atoms with E-state index in [9.17, 15) is 4.79 Å². The van der Waals surface area contributed by atoms with Crippen LogP contribution in [0.4, 0.5) is 0 Å². The summed E-state index contributed by atoms with van der Waals surface area (Å²) < 4.78 is 5.46. The van der Waals surface area contributed by atoms with Gasteiger partial charge in [-0.15, -0.1) is 11.3 Å². The van der Waals surface area contributed by atoms with Crippen LogP contribution in [0.15, 0.2) is 46.3 Å². The fraction of sp³-hybridized carbons (Fsp3) is 0.278. The maximum absolute atomic E-state index is 12.6. The maximum Gasteiger partial charge on any atom is 0.249 e. The minimum Gasteiger partial charge on any atom is -0.337 e. The van der Waals surface area contributed by atoms with Crippen molar-refractivity contribution in [3.63, 3.8) is 0 Å². The summed E-state index contributed by atoms with van der Waals surface area (Å²) in [5.74, 6) is 1.09. The second-order valence-electron chi connectivity index (χ2n) is 5.97. The van der Waals surface area contributed by atoms with Gasteiger partial charge in [-0.1, -0.05) is 35.0 Å². The summed E-state index contributed by atoms with van der Waals surface area (Å²) in [4.78, 5) is 20.1. The summed E-state index contributed by atoms with van der Waals surface area (Å²) in [6.07, 6.45) is 2.20. The number of aromatic nitrogens is 2. The smallest absolute Gasteiger partial charge is 0.249 e. The van der Waals surface area contributed by atoms with Crippen LogP contribution in [0, 0.1) is 0 Å². The highest BCUT2D eigenvalue weighted by molar-refractivity contribution is 7.10. The summed E-state index contributed by atoms with van der Waals surface area (Å²) in [7, 11) is 0. The monoisotopic (exact) mass is 373 g/mol. The van der Waals surface area contributed by atoms with Crippen molar-refractivity contribution >= 4 is 28.8 Å². The standard InChI is InChI=1S/C18H16ClN3O2S/c19-13-5-1-4-12(10-13)17-20-18(24-21-17)15-7-2-8-22(15)16(23)11-14-6-3-9-25-14/h1,3-6,9-10,15H,2,7-8,11H2/t15-/m0/s1. The highest BCUT2D eigenvalue weighted by Crippen LogP contribution is 2.33. The molecule has 0 unspecified atom stereocenters. The molecule has 1 saturated heterocycles. The van der Waals surface area contributed by atoms with Gasteiger partial charge in [-0.05, 0) is 36.4 Å². The van der Waals surface area contributed by atoms with E-state index in [1.807, 2.05) is 34.5 Å². The number of carbonyl (C=O) groups excluding carboxylic acids is 1. The number of likely N-dealkylation sites (tertiary alicyclic amines) is 1. The van der Waals surface area contributed by atoms with E-state index >= 15 is 0 Å². The van der Waals surface area contributed by atoms with Crippen molar-refractivity contribution in [3.8, 4) is 11.4 Å². The van der Waals surface area contributed by atoms with E-state index in [-0.39, 0.29) is 11.9 Å². The Kier molecular flexibility index (Phi) is 4.55. The van der Waals surface area contributed by atoms with Gasteiger partial charge in [0.25, 0.3) is 0 Å². The third-order valence-corrected chi connectivity index (χ3v) is 5.40. The van der Waals surface area contributed by atoms with E-state index < -0.39 is 0 Å². The number of hydrogen-bond acceptors (Lipinski definition) is 5. The Labute approximate surface area is 154 Å². The van der Waals surface area contributed by atoms with Crippen molar-refractivity contribution in [3.05, 3.63) is 57.6 Å². The highest BCUT2D eigenvalue weighted by atomic mass is 35.5. The fourth-order valence-electron chi connectivity index (χ4n) is 3.10. The molecule has 0 N–H and O–H groups in total. The first kappa shape index (κ1) is 16.3. The topological polar surface area (TPSA) is 59.2 Å². The Balaban J connectivity index is 1.53. The molecule has 1 aromatic carbocycles. The molecule has 3 heterocycles. The minimum absolute atomic E-state index is 0.104. The van der Waals surface area contributed by atoms with Crippen LogP contribution >= 0.6 is 22.9 Å². The Morgan fingerprint density at radius 2 is 2.28 bits per heavy atom. The Bertz CT molecular complexity index is 878. The molecule has 7 heteroatoms. The third kappa shape index (κ3) is 3.45. The van der Waals surface area contributed by atoms with E-state index in [0.29, 0.717) is 23.2 Å². The molecule has 128 valence electrons. The summed E-state index contributed by atoms with van der Waals surface area (Å²) in [5.41, 5.74) is 0.803. The van der Waals surface area contributed by atoms with Gasteiger partial charge in [0.1, 0.15) is 6.04 Å². The van der Waals surface area contributed by atoms with Crippen LogP contribution < -0.4 is 0 Å². The van der Waals surface area contributed by atoms with Gasteiger partial charge in [0, 0.05) is 22.0 Å². The van der Waals surface area contributed by atoms with Crippen molar-refractivity contribution in [2.75, 3.05) is 6.54 Å². The quantitative estimate of drug-likeness (QED) is 0.681. The lowest BCUT2D eigenvalue weighted by atomic mass is 10.2. The summed E-state index contributed by atoms with van der Waals surface area (Å²) in [5, 5.41) is 6.67. The second kappa shape index (κ2) is 6.98. The minimum atomic E-state index is -0.145. The predicted molar refractivity (Wildman–Crippen MR) is 96.5 cm³/mol. The van der Waals surface area contributed by atoms with Gasteiger partial charge in [0.15, 0.2) is 0 Å². The molecule has 0 radical (unpaired) electrons. The number of halogens is 1. The van der Waals surface area contributed by atoms with Gasteiger partial charge in [-0.3, -0.25) is 4.79 Å². The first-order valence-electron chi connectivity index (χ1n) is 8.12. The third-order valence-electron chi connectivity index (χ3n) is 4.29. The van der Waals surface area contributed by atoms with Crippen LogP contribution in [-0.4, -0.2) is 27.5 Å². The number of hydrogen-bond donors (Lipinski definition) is 0. The molecule has 0 saturated carbocycles. The molecule has 0 bridgehead atoms. The summed E-state index contributed by atoms with van der Waals surface area (Å²) in [6, 6.07) is 11.1. The maximum atomic E-state index is 12.6. The van der Waals surface area contributed by atoms with Gasteiger partial charge in [-0.2, -0.15) is 4.98 Å². The average Bonchev–Trinajstić information content (AvgIpc) is 3.35. The zero-order chi connectivity index (χ0) is 17.2. The molecule has 1 aliphatic rings. The lowest BCUT2D eigenvalue weighted by Crippen LogP contribution is -2.31. The molecule has 3 aromatic rings. The largest absolute Gasteiger partial charge is 0.337 e. The second-order valence-corrected chi connectivity index (χ2v) is 7.44. The van der Waals surface area contributed by atoms with Crippen LogP contribution in [0.3, 0.4) is 0 Å². The summed E-state index contributed by atoms with van der Waals surface area (Å²) in [6.45, 7) is 0.726. The van der Waals surface area contributed by atoms with Crippen LogP contribution in [0.25, 0.3) is 11.4 Å². The zero-order valence-electron chi connectivity index (χ0n) is 13.4. The van der Waals surface area contributed by atoms with Crippen LogP contribution in [-0.2, 0) is 11.2 Å². The SMILES string of the molecule is O=C(Cc1cccs1)N1CCC[C@H]1c1nc(-c2cccc(Cl)c2)no1. The molecule has 1 fully saturated rings. The first-order valence-corrected chi connectivity index (χ1v) is 9.38. The number of nitrogens with zero attached hydrogens (tertiary/aromatic N) is 3. The van der Waals surface area contributed by atoms with Gasteiger partial charge in [-0.25, -0.2) is 0 Å². The fourth-order valence-corrected chi connectivity index (χ4v) is 3.99. The van der Waals surface area contributed by atoms with E-state index in [1.165, 1.54) is 0 Å². The molecule has 1 amide bonds. The molecule has 2 aromatic heterocycles. The van der Waals surface area contributed by atoms with Crippen LogP contribution in [0.1, 0.15) is 29.7 Å². The molecule has 1 atom stereocenters. The van der Waals surface area contributed by atoms with Gasteiger partial charge < -0.3 is 9.42 Å². The van der Waals surface area contributed by atoms with Crippen molar-refractivity contribution in [1.29, 1.82) is 0 Å². The highest BCUT2D eigenvalue weighted by Gasteiger charge is 2.34. The molecule has 0 aliphatic carbocycles. The van der Waals surface area contributed by atoms with Crippen LogP contribution in [0.5, 0.6) is 0 Å². The normalized spacial score (nSPS) is 17.2. The molecular formula is C18H16ClN3O2S. The van der Waals surface area contributed by atoms with Crippen molar-refractivity contribution < 1.29 is 9.32 Å². The van der Waals surface area contributed by atoms with Crippen molar-refractivity contribution in [1.82, 2.24) is 15.0 Å². The Morgan fingerprint density at radius 1 is 1.36 bits per heavy atom. The number of benzene rings is 1. The van der Waals surface area contributed by atoms with Crippen molar-refractivity contribution in [2.45, 2.75) is 25.3 Å². The number of amides is 1. The van der Waals surface area contributed by atoms with Gasteiger partial charge >= 0.3 is 0 Å². The molecule has 0 spiro atoms. The number of carbonyl (C=O) groups is 1. The Hall–Kier alpha value is -2.18. The zero-order valence-corrected chi connectivity index (χ0v) is 15.0.